The average molecular weight is 261 g/mol. The van der Waals surface area contributed by atoms with E-state index in [1.807, 2.05) is 0 Å². The van der Waals surface area contributed by atoms with Gasteiger partial charge in [0.05, 0.1) is 17.4 Å². The lowest BCUT2D eigenvalue weighted by Crippen LogP contribution is -2.55. The maximum absolute atomic E-state index is 11.3. The predicted molar refractivity (Wildman–Crippen MR) is 55.7 cm³/mol. The number of nitrogens with zero attached hydrogens (tertiary/aromatic N) is 3. The van der Waals surface area contributed by atoms with E-state index in [4.69, 9.17) is 5.11 Å². The van der Waals surface area contributed by atoms with Crippen molar-refractivity contribution in [1.82, 2.24) is 5.01 Å². The van der Waals surface area contributed by atoms with Gasteiger partial charge in [0, 0.05) is 6.42 Å². The van der Waals surface area contributed by atoms with Gasteiger partial charge in [-0.15, -0.1) is 5.01 Å². The number of aliphatic carboxylic acids is 1. The summed E-state index contributed by atoms with van der Waals surface area (Å²) in [6, 6.07) is -0.881. The Balaban J connectivity index is 2.30. The van der Waals surface area contributed by atoms with Crippen LogP contribution in [0.3, 0.4) is 0 Å². The molecular formula is C9H15N3O6. The van der Waals surface area contributed by atoms with Crippen LogP contribution in [-0.2, 0) is 19.2 Å². The van der Waals surface area contributed by atoms with Crippen molar-refractivity contribution in [3.05, 3.63) is 5.21 Å². The van der Waals surface area contributed by atoms with Crippen molar-refractivity contribution in [2.75, 3.05) is 13.3 Å². The van der Waals surface area contributed by atoms with E-state index >= 15 is 0 Å². The zero-order valence-electron chi connectivity index (χ0n) is 10.1. The van der Waals surface area contributed by atoms with Gasteiger partial charge < -0.3 is 19.9 Å². The first kappa shape index (κ1) is 14.0. The van der Waals surface area contributed by atoms with E-state index in [1.54, 1.807) is 13.8 Å². The highest BCUT2D eigenvalue weighted by molar-refractivity contribution is 5.74. The van der Waals surface area contributed by atoms with Gasteiger partial charge in [-0.05, 0) is 0 Å². The molecule has 1 aliphatic rings. The molecule has 9 nitrogen and oxygen atoms in total. The fourth-order valence-electron chi connectivity index (χ4n) is 1.20. The average Bonchev–Trinajstić information content (AvgIpc) is 2.21. The number of carbonyl (C=O) groups excluding carboxylic acids is 1. The van der Waals surface area contributed by atoms with Crippen LogP contribution in [0.5, 0.6) is 0 Å². The number of hydrazine groups is 1. The second-order valence-electron chi connectivity index (χ2n) is 4.01. The van der Waals surface area contributed by atoms with Crippen LogP contribution in [0.25, 0.3) is 0 Å². The third-order valence-electron chi connectivity index (χ3n) is 2.35. The molecule has 0 aromatic heterocycles. The van der Waals surface area contributed by atoms with E-state index in [1.165, 1.54) is 0 Å². The summed E-state index contributed by atoms with van der Waals surface area (Å²) in [6.45, 7) is 3.11. The minimum absolute atomic E-state index is 0.0471. The molecule has 0 aliphatic carbocycles. The first-order valence-electron chi connectivity index (χ1n) is 5.39. The van der Waals surface area contributed by atoms with Gasteiger partial charge in [-0.2, -0.15) is 0 Å². The van der Waals surface area contributed by atoms with Gasteiger partial charge in [0.2, 0.25) is 5.28 Å². The molecule has 0 unspecified atom stereocenters. The van der Waals surface area contributed by atoms with Crippen LogP contribution in [0, 0.1) is 11.1 Å². The molecule has 1 saturated heterocycles. The van der Waals surface area contributed by atoms with Gasteiger partial charge in [0.25, 0.3) is 6.79 Å². The Kier molecular flexibility index (Phi) is 4.69. The van der Waals surface area contributed by atoms with Gasteiger partial charge in [-0.3, -0.25) is 4.79 Å². The van der Waals surface area contributed by atoms with Gasteiger partial charge in [0.15, 0.2) is 6.04 Å². The van der Waals surface area contributed by atoms with Crippen LogP contribution in [0.4, 0.5) is 0 Å². The third kappa shape index (κ3) is 3.47. The van der Waals surface area contributed by atoms with Gasteiger partial charge in [-0.1, -0.05) is 13.8 Å². The standard InChI is InChI=1S/C9H15N3O6/c1-6(2)9(15)17-5-18-10-12(16)11-4-3-7(11)8(13)14/h6-7H,3-5H2,1-2H3,(H,13,14)/t7-/m0/s1. The quantitative estimate of drug-likeness (QED) is 0.180. The monoisotopic (exact) mass is 261 g/mol. The van der Waals surface area contributed by atoms with Crippen molar-refractivity contribution in [3.8, 4) is 0 Å². The molecule has 0 bridgehead atoms. The number of hydrogen-bond donors (Lipinski definition) is 1. The van der Waals surface area contributed by atoms with Crippen LogP contribution in [0.2, 0.25) is 0 Å². The maximum Gasteiger partial charge on any atom is 0.332 e. The highest BCUT2D eigenvalue weighted by Gasteiger charge is 2.41. The Morgan fingerprint density at radius 3 is 2.72 bits per heavy atom. The number of hydrogen-bond acceptors (Lipinski definition) is 6. The molecule has 1 N–H and O–H groups in total. The van der Waals surface area contributed by atoms with Gasteiger partial charge >= 0.3 is 11.9 Å². The van der Waals surface area contributed by atoms with E-state index in [0.717, 1.165) is 5.01 Å². The van der Waals surface area contributed by atoms with Crippen molar-refractivity contribution in [3.63, 3.8) is 0 Å². The van der Waals surface area contributed by atoms with E-state index in [2.05, 4.69) is 14.9 Å². The van der Waals surface area contributed by atoms with Crippen LogP contribution in [0.15, 0.2) is 5.28 Å². The van der Waals surface area contributed by atoms with Crippen molar-refractivity contribution in [2.24, 2.45) is 11.2 Å². The molecular weight excluding hydrogens is 246 g/mol. The first-order valence-corrected chi connectivity index (χ1v) is 5.39. The predicted octanol–water partition coefficient (Wildman–Crippen LogP) is 0.111. The highest BCUT2D eigenvalue weighted by Crippen LogP contribution is 2.17. The lowest BCUT2D eigenvalue weighted by atomic mass is 10.1. The summed E-state index contributed by atoms with van der Waals surface area (Å²) in [5.41, 5.74) is 0. The lowest BCUT2D eigenvalue weighted by molar-refractivity contribution is -0.729. The number of rotatable bonds is 6. The van der Waals surface area contributed by atoms with Gasteiger partial charge in [0.1, 0.15) is 0 Å². The van der Waals surface area contributed by atoms with Crippen LogP contribution in [-0.4, -0.2) is 46.4 Å². The molecule has 0 aromatic rings. The molecule has 0 amide bonds. The summed E-state index contributed by atoms with van der Waals surface area (Å²) in [7, 11) is 0. The van der Waals surface area contributed by atoms with Crippen molar-refractivity contribution >= 4 is 11.9 Å². The fraction of sp³-hybridized carbons (Fsp3) is 0.778. The Bertz CT molecular complexity index is 356. The van der Waals surface area contributed by atoms with Crippen molar-refractivity contribution in [1.29, 1.82) is 0 Å². The number of carbonyl (C=O) groups is 2. The molecule has 1 rings (SSSR count). The van der Waals surface area contributed by atoms with Crippen molar-refractivity contribution < 1.29 is 29.2 Å². The number of carboxylic acids is 1. The minimum atomic E-state index is -1.09. The molecule has 9 heteroatoms. The van der Waals surface area contributed by atoms with Crippen LogP contribution in [0.1, 0.15) is 20.3 Å². The molecule has 102 valence electrons. The largest absolute Gasteiger partial charge is 0.569 e. The Morgan fingerprint density at radius 1 is 1.61 bits per heavy atom. The highest BCUT2D eigenvalue weighted by atomic mass is 16.8. The zero-order valence-corrected chi connectivity index (χ0v) is 10.1. The zero-order chi connectivity index (χ0) is 13.7. The Hall–Kier alpha value is -2.06. The van der Waals surface area contributed by atoms with Crippen molar-refractivity contribution in [2.45, 2.75) is 26.3 Å². The smallest absolute Gasteiger partial charge is 0.332 e. The summed E-state index contributed by atoms with van der Waals surface area (Å²) >= 11 is 0. The molecule has 0 spiro atoms. The first-order chi connectivity index (χ1) is 8.43. The molecule has 1 heterocycles. The van der Waals surface area contributed by atoms with E-state index in [-0.39, 0.29) is 10.9 Å². The van der Waals surface area contributed by atoms with E-state index < -0.39 is 24.8 Å². The summed E-state index contributed by atoms with van der Waals surface area (Å²) in [4.78, 5) is 26.1. The van der Waals surface area contributed by atoms with Crippen LogP contribution >= 0.6 is 0 Å². The van der Waals surface area contributed by atoms with E-state index in [0.29, 0.717) is 13.0 Å². The van der Waals surface area contributed by atoms with E-state index in [9.17, 15) is 14.8 Å². The molecule has 1 atom stereocenters. The lowest BCUT2D eigenvalue weighted by Gasteiger charge is -2.31. The number of ether oxygens (including phenoxy) is 1. The summed E-state index contributed by atoms with van der Waals surface area (Å²) in [5, 5.41) is 24.0. The topological polar surface area (TPSA) is 114 Å². The minimum Gasteiger partial charge on any atom is -0.569 e. The second-order valence-corrected chi connectivity index (χ2v) is 4.01. The number of carboxylic acid groups (broad SMARTS) is 1. The second kappa shape index (κ2) is 6.03. The van der Waals surface area contributed by atoms with Gasteiger partial charge in [-0.25, -0.2) is 4.79 Å². The number of esters is 1. The molecule has 1 fully saturated rings. The molecule has 0 radical (unpaired) electrons. The Labute approximate surface area is 103 Å². The maximum atomic E-state index is 11.3. The summed E-state index contributed by atoms with van der Waals surface area (Å²) in [6.07, 6.45) is 0.381. The molecule has 0 aromatic carbocycles. The molecule has 1 aliphatic heterocycles. The molecule has 0 saturated carbocycles. The van der Waals surface area contributed by atoms with Crippen LogP contribution < -0.4 is 0 Å². The molecule has 18 heavy (non-hydrogen) atoms. The SMILES string of the molecule is CC(C)C(=O)OCON=[N+]([O-])N1CC[C@H]1C(=O)O. The third-order valence-corrected chi connectivity index (χ3v) is 2.35. The summed E-state index contributed by atoms with van der Waals surface area (Å²) < 4.78 is 4.60. The Morgan fingerprint density at radius 2 is 2.28 bits per heavy atom. The normalized spacial score (nSPS) is 19.4. The fourth-order valence-corrected chi connectivity index (χ4v) is 1.20. The summed E-state index contributed by atoms with van der Waals surface area (Å²) in [5.74, 6) is -1.87.